The van der Waals surface area contributed by atoms with Crippen molar-refractivity contribution in [2.24, 2.45) is 0 Å². The van der Waals surface area contributed by atoms with Crippen LogP contribution in [0.1, 0.15) is 64.2 Å². The lowest BCUT2D eigenvalue weighted by atomic mass is 9.90. The Kier molecular flexibility index (Phi) is 4.89. The molecule has 2 rings (SSSR count). The van der Waals surface area contributed by atoms with Crippen molar-refractivity contribution < 1.29 is 14.7 Å². The van der Waals surface area contributed by atoms with Gasteiger partial charge in [0.25, 0.3) is 0 Å². The zero-order chi connectivity index (χ0) is 14.6. The number of carboxylic acids is 1. The molecule has 0 heterocycles. The number of aliphatic carboxylic acids is 1. The monoisotopic (exact) mass is 282 g/mol. The van der Waals surface area contributed by atoms with Gasteiger partial charge in [-0.1, -0.05) is 38.5 Å². The Bertz CT molecular complexity index is 356. The van der Waals surface area contributed by atoms with Crippen molar-refractivity contribution in [3.8, 4) is 0 Å². The van der Waals surface area contributed by atoms with E-state index in [0.29, 0.717) is 12.8 Å². The number of carbonyl (C=O) groups is 2. The van der Waals surface area contributed by atoms with Crippen LogP contribution < -0.4 is 5.32 Å². The summed E-state index contributed by atoms with van der Waals surface area (Å²) in [4.78, 5) is 25.8. The molecule has 20 heavy (non-hydrogen) atoms. The zero-order valence-corrected chi connectivity index (χ0v) is 12.4. The summed E-state index contributed by atoms with van der Waals surface area (Å²) in [7, 11) is 1.79. The van der Waals surface area contributed by atoms with Crippen LogP contribution in [0.2, 0.25) is 0 Å². The second kappa shape index (κ2) is 6.46. The van der Waals surface area contributed by atoms with Gasteiger partial charge in [0.15, 0.2) is 0 Å². The van der Waals surface area contributed by atoms with Crippen molar-refractivity contribution in [2.75, 3.05) is 7.05 Å². The average molecular weight is 282 g/mol. The maximum Gasteiger partial charge on any atom is 0.329 e. The van der Waals surface area contributed by atoms with Gasteiger partial charge in [-0.25, -0.2) is 9.59 Å². The molecule has 2 aliphatic carbocycles. The molecule has 5 heteroatoms. The molecule has 2 saturated carbocycles. The van der Waals surface area contributed by atoms with Crippen LogP contribution in [0.4, 0.5) is 4.79 Å². The van der Waals surface area contributed by atoms with E-state index in [1.807, 2.05) is 0 Å². The van der Waals surface area contributed by atoms with Crippen molar-refractivity contribution >= 4 is 12.0 Å². The molecule has 0 aromatic carbocycles. The van der Waals surface area contributed by atoms with E-state index in [2.05, 4.69) is 5.32 Å². The molecule has 0 bridgehead atoms. The van der Waals surface area contributed by atoms with Crippen LogP contribution in [0.25, 0.3) is 0 Å². The Morgan fingerprint density at radius 1 is 1.05 bits per heavy atom. The molecule has 0 saturated heterocycles. The van der Waals surface area contributed by atoms with Crippen LogP contribution in [0.3, 0.4) is 0 Å². The zero-order valence-electron chi connectivity index (χ0n) is 12.4. The third-order valence-corrected chi connectivity index (χ3v) is 4.91. The summed E-state index contributed by atoms with van der Waals surface area (Å²) >= 11 is 0. The topological polar surface area (TPSA) is 69.6 Å². The maximum absolute atomic E-state index is 12.4. The molecule has 0 unspecified atom stereocenters. The van der Waals surface area contributed by atoms with Gasteiger partial charge in [-0.05, 0) is 25.7 Å². The lowest BCUT2D eigenvalue weighted by Gasteiger charge is -2.33. The van der Waals surface area contributed by atoms with Crippen LogP contribution in [-0.2, 0) is 4.79 Å². The number of carbonyl (C=O) groups excluding carboxylic acids is 1. The first-order chi connectivity index (χ1) is 9.55. The van der Waals surface area contributed by atoms with Gasteiger partial charge in [-0.2, -0.15) is 0 Å². The fourth-order valence-corrected chi connectivity index (χ4v) is 3.47. The van der Waals surface area contributed by atoms with Crippen molar-refractivity contribution in [1.29, 1.82) is 0 Å². The number of rotatable bonds is 3. The van der Waals surface area contributed by atoms with Gasteiger partial charge in [0.1, 0.15) is 5.54 Å². The van der Waals surface area contributed by atoms with E-state index < -0.39 is 11.5 Å². The molecule has 0 atom stereocenters. The number of urea groups is 1. The van der Waals surface area contributed by atoms with E-state index in [9.17, 15) is 14.7 Å². The summed E-state index contributed by atoms with van der Waals surface area (Å²) in [5.41, 5.74) is -1.06. The van der Waals surface area contributed by atoms with Gasteiger partial charge < -0.3 is 15.3 Å². The Hall–Kier alpha value is -1.26. The number of amides is 2. The SMILES string of the molecule is CN(C(=O)NC1(C(=O)O)CCCCCC1)C1CCCC1. The predicted octanol–water partition coefficient (Wildman–Crippen LogP) is 2.75. The van der Waals surface area contributed by atoms with Gasteiger partial charge in [0, 0.05) is 13.1 Å². The standard InChI is InChI=1S/C15H26N2O3/c1-17(12-8-4-5-9-12)14(20)16-15(13(18)19)10-6-2-3-7-11-15/h12H,2-11H2,1H3,(H,16,20)(H,18,19). The Balaban J connectivity index is 2.03. The van der Waals surface area contributed by atoms with Crippen LogP contribution >= 0.6 is 0 Å². The molecule has 0 aliphatic heterocycles. The van der Waals surface area contributed by atoms with E-state index >= 15 is 0 Å². The Morgan fingerprint density at radius 3 is 2.10 bits per heavy atom. The van der Waals surface area contributed by atoms with Gasteiger partial charge in [-0.3, -0.25) is 0 Å². The average Bonchev–Trinajstić information content (AvgIpc) is 2.85. The van der Waals surface area contributed by atoms with Gasteiger partial charge in [0.05, 0.1) is 0 Å². The first kappa shape index (κ1) is 15.1. The minimum atomic E-state index is -1.06. The molecule has 2 N–H and O–H groups in total. The summed E-state index contributed by atoms with van der Waals surface area (Å²) in [5.74, 6) is -0.882. The number of hydrogen-bond acceptors (Lipinski definition) is 2. The first-order valence-corrected chi connectivity index (χ1v) is 7.83. The normalized spacial score (nSPS) is 23.1. The molecule has 0 aromatic heterocycles. The predicted molar refractivity (Wildman–Crippen MR) is 76.6 cm³/mol. The summed E-state index contributed by atoms with van der Waals surface area (Å²) < 4.78 is 0. The van der Waals surface area contributed by atoms with Crippen LogP contribution in [0, 0.1) is 0 Å². The first-order valence-electron chi connectivity index (χ1n) is 7.83. The Labute approximate surface area is 120 Å². The third kappa shape index (κ3) is 3.25. The quantitative estimate of drug-likeness (QED) is 0.782. The molecule has 2 aliphatic rings. The number of carboxylic acid groups (broad SMARTS) is 1. The van der Waals surface area contributed by atoms with E-state index in [-0.39, 0.29) is 12.1 Å². The highest BCUT2D eigenvalue weighted by atomic mass is 16.4. The molecular formula is C15H26N2O3. The number of hydrogen-bond donors (Lipinski definition) is 2. The molecular weight excluding hydrogens is 256 g/mol. The fourth-order valence-electron chi connectivity index (χ4n) is 3.47. The lowest BCUT2D eigenvalue weighted by molar-refractivity contribution is -0.145. The molecule has 0 radical (unpaired) electrons. The number of nitrogens with zero attached hydrogens (tertiary/aromatic N) is 1. The van der Waals surface area contributed by atoms with Crippen LogP contribution in [0.5, 0.6) is 0 Å². The molecule has 5 nitrogen and oxygen atoms in total. The van der Waals surface area contributed by atoms with Crippen LogP contribution in [0.15, 0.2) is 0 Å². The highest BCUT2D eigenvalue weighted by molar-refractivity contribution is 5.86. The highest BCUT2D eigenvalue weighted by Gasteiger charge is 2.41. The smallest absolute Gasteiger partial charge is 0.329 e. The molecule has 0 aromatic rings. The van der Waals surface area contributed by atoms with Crippen LogP contribution in [-0.4, -0.2) is 40.6 Å². The summed E-state index contributed by atoms with van der Waals surface area (Å²) in [5, 5.41) is 12.4. The highest BCUT2D eigenvalue weighted by Crippen LogP contribution is 2.28. The van der Waals surface area contributed by atoms with Gasteiger partial charge in [-0.15, -0.1) is 0 Å². The van der Waals surface area contributed by atoms with E-state index in [0.717, 1.165) is 51.4 Å². The van der Waals surface area contributed by atoms with Crippen molar-refractivity contribution in [3.05, 3.63) is 0 Å². The van der Waals surface area contributed by atoms with Crippen molar-refractivity contribution in [1.82, 2.24) is 10.2 Å². The molecule has 0 spiro atoms. The second-order valence-corrected chi connectivity index (χ2v) is 6.28. The fraction of sp³-hybridized carbons (Fsp3) is 0.867. The lowest BCUT2D eigenvalue weighted by Crippen LogP contribution is -2.58. The van der Waals surface area contributed by atoms with Crippen molar-refractivity contribution in [3.63, 3.8) is 0 Å². The molecule has 2 amide bonds. The third-order valence-electron chi connectivity index (χ3n) is 4.91. The second-order valence-electron chi connectivity index (χ2n) is 6.28. The largest absolute Gasteiger partial charge is 0.480 e. The maximum atomic E-state index is 12.4. The minimum absolute atomic E-state index is 0.221. The van der Waals surface area contributed by atoms with E-state index in [4.69, 9.17) is 0 Å². The summed E-state index contributed by atoms with van der Waals surface area (Å²) in [6.45, 7) is 0. The van der Waals surface area contributed by atoms with Gasteiger partial charge in [0.2, 0.25) is 0 Å². The minimum Gasteiger partial charge on any atom is -0.480 e. The number of nitrogens with one attached hydrogen (secondary N) is 1. The van der Waals surface area contributed by atoms with E-state index in [1.165, 1.54) is 0 Å². The molecule has 2 fully saturated rings. The van der Waals surface area contributed by atoms with Gasteiger partial charge >= 0.3 is 12.0 Å². The molecule has 114 valence electrons. The van der Waals surface area contributed by atoms with Crippen molar-refractivity contribution in [2.45, 2.75) is 75.8 Å². The summed E-state index contributed by atoms with van der Waals surface area (Å²) in [6.07, 6.45) is 9.35. The van der Waals surface area contributed by atoms with E-state index in [1.54, 1.807) is 11.9 Å². The Morgan fingerprint density at radius 2 is 1.60 bits per heavy atom. The summed E-state index contributed by atoms with van der Waals surface area (Å²) in [6, 6.07) is 0.0489.